The van der Waals surface area contributed by atoms with Gasteiger partial charge in [-0.15, -0.1) is 0 Å². The van der Waals surface area contributed by atoms with Gasteiger partial charge in [0.25, 0.3) is 0 Å². The summed E-state index contributed by atoms with van der Waals surface area (Å²) in [6, 6.07) is 40.7. The predicted octanol–water partition coefficient (Wildman–Crippen LogP) is 8.97. The highest BCUT2D eigenvalue weighted by Gasteiger charge is 2.28. The van der Waals surface area contributed by atoms with Gasteiger partial charge < -0.3 is 4.42 Å². The Bertz CT molecular complexity index is 1650. The minimum Gasteiger partial charge on any atom is -0.455 e. The molecule has 4 aromatic carbocycles. The lowest BCUT2D eigenvalue weighted by atomic mass is 9.95. The molecule has 0 fully saturated rings. The van der Waals surface area contributed by atoms with Gasteiger partial charge in [0.05, 0.1) is 0 Å². The van der Waals surface area contributed by atoms with Crippen molar-refractivity contribution in [2.75, 3.05) is 0 Å². The molecule has 0 radical (unpaired) electrons. The molecule has 4 aromatic rings. The first-order chi connectivity index (χ1) is 16.9. The van der Waals surface area contributed by atoms with E-state index in [4.69, 9.17) is 4.42 Å². The Morgan fingerprint density at radius 3 is 1.91 bits per heavy atom. The summed E-state index contributed by atoms with van der Waals surface area (Å²) < 4.78 is 6.80. The average molecular weight is 435 g/mol. The molecule has 34 heavy (non-hydrogen) atoms. The van der Waals surface area contributed by atoms with Crippen molar-refractivity contribution in [1.82, 2.24) is 0 Å². The molecular formula is C33H22O. The molecular weight excluding hydrogens is 412 g/mol. The van der Waals surface area contributed by atoms with E-state index < -0.39 is 0 Å². The van der Waals surface area contributed by atoms with Crippen molar-refractivity contribution >= 4 is 22.4 Å². The molecule has 3 aliphatic rings. The number of rotatable bonds is 3. The summed E-state index contributed by atoms with van der Waals surface area (Å²) in [5.74, 6) is 1.86. The minimum absolute atomic E-state index is 0.889. The van der Waals surface area contributed by atoms with Crippen LogP contribution >= 0.6 is 0 Å². The van der Waals surface area contributed by atoms with Crippen molar-refractivity contribution in [3.63, 3.8) is 0 Å². The summed E-state index contributed by atoms with van der Waals surface area (Å²) >= 11 is 0. The number of benzene rings is 4. The lowest BCUT2D eigenvalue weighted by Gasteiger charge is -2.14. The summed E-state index contributed by atoms with van der Waals surface area (Å²) in [4.78, 5) is 0. The molecule has 0 aromatic heterocycles. The first-order valence-electron chi connectivity index (χ1n) is 11.7. The molecule has 2 aliphatic carbocycles. The number of fused-ring (bicyclic) bond motifs is 4. The van der Waals surface area contributed by atoms with Crippen LogP contribution in [0.2, 0.25) is 0 Å². The van der Waals surface area contributed by atoms with E-state index in [9.17, 15) is 0 Å². The zero-order valence-corrected chi connectivity index (χ0v) is 18.7. The van der Waals surface area contributed by atoms with E-state index in [1.807, 2.05) is 6.07 Å². The highest BCUT2D eigenvalue weighted by Crippen LogP contribution is 2.50. The Morgan fingerprint density at radius 1 is 0.559 bits per heavy atom. The Morgan fingerprint density at radius 2 is 1.18 bits per heavy atom. The van der Waals surface area contributed by atoms with Gasteiger partial charge in [-0.25, -0.2) is 0 Å². The molecule has 1 aliphatic heterocycles. The molecule has 1 nitrogen and oxygen atoms in total. The van der Waals surface area contributed by atoms with Gasteiger partial charge in [-0.1, -0.05) is 115 Å². The van der Waals surface area contributed by atoms with Crippen LogP contribution in [0.4, 0.5) is 0 Å². The second-order valence-corrected chi connectivity index (χ2v) is 8.93. The number of hydrogen-bond donors (Lipinski definition) is 0. The summed E-state index contributed by atoms with van der Waals surface area (Å²) in [5.41, 5.74) is 9.90. The average Bonchev–Trinajstić information content (AvgIpc) is 3.48. The predicted molar refractivity (Wildman–Crippen MR) is 142 cm³/mol. The van der Waals surface area contributed by atoms with Gasteiger partial charge in [-0.2, -0.15) is 0 Å². The molecule has 0 spiro atoms. The Kier molecular flexibility index (Phi) is 4.28. The van der Waals surface area contributed by atoms with Crippen LogP contribution in [0, 0.1) is 0 Å². The largest absolute Gasteiger partial charge is 0.455 e. The van der Waals surface area contributed by atoms with Gasteiger partial charge in [-0.3, -0.25) is 0 Å². The van der Waals surface area contributed by atoms with Crippen LogP contribution in [-0.2, 0) is 6.42 Å². The van der Waals surface area contributed by atoms with Gasteiger partial charge in [0.1, 0.15) is 11.5 Å². The minimum atomic E-state index is 0.889. The maximum Gasteiger partial charge on any atom is 0.144 e. The van der Waals surface area contributed by atoms with Crippen LogP contribution in [0.25, 0.3) is 56.2 Å². The third-order valence-corrected chi connectivity index (χ3v) is 6.91. The highest BCUT2D eigenvalue weighted by molar-refractivity contribution is 6.16. The Balaban J connectivity index is 1.58. The molecule has 0 amide bonds. The highest BCUT2D eigenvalue weighted by atomic mass is 16.3. The Labute approximate surface area is 199 Å². The number of allylic oxidation sites excluding steroid dienone is 1. The Hall–Kier alpha value is -4.36. The zero-order valence-electron chi connectivity index (χ0n) is 18.7. The third kappa shape index (κ3) is 2.94. The molecule has 0 atom stereocenters. The molecule has 0 saturated carbocycles. The fourth-order valence-electron chi connectivity index (χ4n) is 5.35. The van der Waals surface area contributed by atoms with Crippen LogP contribution in [0.3, 0.4) is 0 Å². The zero-order chi connectivity index (χ0) is 22.5. The monoisotopic (exact) mass is 434 g/mol. The second-order valence-electron chi connectivity index (χ2n) is 8.93. The van der Waals surface area contributed by atoms with E-state index in [0.29, 0.717) is 0 Å². The van der Waals surface area contributed by atoms with Crippen LogP contribution in [0.5, 0.6) is 0 Å². The van der Waals surface area contributed by atoms with Gasteiger partial charge in [0.15, 0.2) is 0 Å². The van der Waals surface area contributed by atoms with E-state index in [1.54, 1.807) is 0 Å². The second kappa shape index (κ2) is 7.60. The summed E-state index contributed by atoms with van der Waals surface area (Å²) in [7, 11) is 0. The van der Waals surface area contributed by atoms with Crippen LogP contribution in [0.15, 0.2) is 120 Å². The van der Waals surface area contributed by atoms with Gasteiger partial charge in [0, 0.05) is 16.7 Å². The third-order valence-electron chi connectivity index (χ3n) is 6.91. The van der Waals surface area contributed by atoms with Crippen molar-refractivity contribution in [2.45, 2.75) is 6.42 Å². The van der Waals surface area contributed by atoms with Crippen LogP contribution in [0.1, 0.15) is 16.7 Å². The fraction of sp³-hybridized carbons (Fsp3) is 0.0303. The van der Waals surface area contributed by atoms with Crippen molar-refractivity contribution < 1.29 is 4.42 Å². The first kappa shape index (κ1) is 19.1. The van der Waals surface area contributed by atoms with E-state index in [-0.39, 0.29) is 0 Å². The lowest BCUT2D eigenvalue weighted by molar-refractivity contribution is 0.583. The summed E-state index contributed by atoms with van der Waals surface area (Å²) in [6.45, 7) is 0. The van der Waals surface area contributed by atoms with Gasteiger partial charge >= 0.3 is 0 Å². The van der Waals surface area contributed by atoms with Crippen LogP contribution < -0.4 is 0 Å². The molecule has 7 rings (SSSR count). The summed E-state index contributed by atoms with van der Waals surface area (Å²) in [5, 5.41) is 2.49. The molecule has 1 heterocycles. The molecule has 0 bridgehead atoms. The molecule has 0 N–H and O–H groups in total. The molecule has 1 heteroatoms. The molecule has 160 valence electrons. The standard InChI is InChI=1S/C33H22O/c1-3-11-22(12-4-1)29-21-30(23-13-5-2-6-14-23)34-33-31(27-17-9-10-18-28(27)32(29)33)26-19-24-15-7-8-16-25(24)20-26/h1-19,21H,20H2. The van der Waals surface area contributed by atoms with E-state index in [0.717, 1.165) is 23.5 Å². The maximum atomic E-state index is 6.80. The van der Waals surface area contributed by atoms with Crippen molar-refractivity contribution in [2.24, 2.45) is 0 Å². The SMILES string of the molecule is C1=C(c2c3oc(-c4ccccc4)cc(-c4ccccc4)c-3c3ccccc23)Cc2ccccc21. The smallest absolute Gasteiger partial charge is 0.144 e. The number of hydrogen-bond acceptors (Lipinski definition) is 1. The summed E-state index contributed by atoms with van der Waals surface area (Å²) in [6.07, 6.45) is 3.26. The van der Waals surface area contributed by atoms with E-state index >= 15 is 0 Å². The lowest BCUT2D eigenvalue weighted by Crippen LogP contribution is -1.91. The van der Waals surface area contributed by atoms with E-state index in [1.165, 1.54) is 49.7 Å². The van der Waals surface area contributed by atoms with Crippen molar-refractivity contribution in [3.05, 3.63) is 132 Å². The quantitative estimate of drug-likeness (QED) is 0.271. The van der Waals surface area contributed by atoms with E-state index in [2.05, 4.69) is 115 Å². The maximum absolute atomic E-state index is 6.80. The van der Waals surface area contributed by atoms with Gasteiger partial charge in [-0.05, 0) is 51.1 Å². The first-order valence-corrected chi connectivity index (χ1v) is 11.7. The normalized spacial score (nSPS) is 12.8. The molecule has 0 saturated heterocycles. The van der Waals surface area contributed by atoms with Crippen molar-refractivity contribution in [1.29, 1.82) is 0 Å². The fourth-order valence-corrected chi connectivity index (χ4v) is 5.35. The van der Waals surface area contributed by atoms with Crippen molar-refractivity contribution in [3.8, 4) is 33.8 Å². The topological polar surface area (TPSA) is 13.1 Å². The van der Waals surface area contributed by atoms with Crippen LogP contribution in [-0.4, -0.2) is 0 Å². The molecule has 0 unspecified atom stereocenters. The van der Waals surface area contributed by atoms with Gasteiger partial charge in [0.2, 0.25) is 0 Å².